The molecule has 80 heavy (non-hydrogen) atoms. The van der Waals surface area contributed by atoms with E-state index in [1.807, 2.05) is 0 Å². The van der Waals surface area contributed by atoms with Gasteiger partial charge in [-0.1, -0.05) is 182 Å². The number of hydrogen-bond donors (Lipinski definition) is 0. The normalized spacial score (nSPS) is 16.0. The van der Waals surface area contributed by atoms with E-state index in [0.717, 1.165) is 34.1 Å². The Hall–Kier alpha value is -9.50. The summed E-state index contributed by atoms with van der Waals surface area (Å²) in [5, 5.41) is 9.74. The molecule has 0 unspecified atom stereocenters. The second-order valence-corrected chi connectivity index (χ2v) is 22.8. The van der Waals surface area contributed by atoms with Gasteiger partial charge < -0.3 is 9.80 Å². The van der Waals surface area contributed by atoms with Crippen molar-refractivity contribution in [2.45, 2.75) is 52.4 Å². The van der Waals surface area contributed by atoms with Crippen LogP contribution in [0.15, 0.2) is 255 Å². The van der Waals surface area contributed by atoms with Crippen molar-refractivity contribution in [3.63, 3.8) is 0 Å². The summed E-state index contributed by atoms with van der Waals surface area (Å²) in [4.78, 5) is 4.95. The van der Waals surface area contributed by atoms with Crippen molar-refractivity contribution in [2.24, 2.45) is 0 Å². The van der Waals surface area contributed by atoms with E-state index in [2.05, 4.69) is 306 Å². The molecule has 2 nitrogen and oxygen atoms in total. The van der Waals surface area contributed by atoms with Crippen molar-refractivity contribution in [3.8, 4) is 0 Å². The minimum Gasteiger partial charge on any atom is -0.310 e. The van der Waals surface area contributed by atoms with E-state index in [9.17, 15) is 0 Å². The van der Waals surface area contributed by atoms with Gasteiger partial charge in [0.1, 0.15) is 0 Å². The maximum atomic E-state index is 2.56. The molecule has 0 amide bonds. The van der Waals surface area contributed by atoms with Gasteiger partial charge in [0.05, 0.1) is 10.8 Å². The maximum Gasteiger partial charge on any atom is 0.0712 e. The molecule has 0 spiro atoms. The molecule has 0 fully saturated rings. The molecule has 2 heteroatoms. The number of hydrogen-bond acceptors (Lipinski definition) is 2. The van der Waals surface area contributed by atoms with Crippen molar-refractivity contribution in [1.29, 1.82) is 0 Å². The second-order valence-electron chi connectivity index (χ2n) is 22.8. The molecular weight excluding hydrogens is 965 g/mol. The predicted octanol–water partition coefficient (Wildman–Crippen LogP) is 20.5. The summed E-state index contributed by atoms with van der Waals surface area (Å²) >= 11 is 0. The van der Waals surface area contributed by atoms with Gasteiger partial charge in [0.25, 0.3) is 0 Å². The first-order chi connectivity index (χ1) is 39.1. The summed E-state index contributed by atoms with van der Waals surface area (Å²) in [7, 11) is 0. The van der Waals surface area contributed by atoms with E-state index < -0.39 is 10.8 Å². The lowest BCUT2D eigenvalue weighted by molar-refractivity contribution is 0.554. The van der Waals surface area contributed by atoms with Gasteiger partial charge in [-0.25, -0.2) is 0 Å². The fourth-order valence-electron chi connectivity index (χ4n) is 14.0. The third-order valence-corrected chi connectivity index (χ3v) is 18.4. The summed E-state index contributed by atoms with van der Waals surface area (Å²) in [5.41, 5.74) is 23.7. The molecule has 0 aromatic heterocycles. The smallest absolute Gasteiger partial charge is 0.0712 e. The Morgan fingerprint density at radius 1 is 0.200 bits per heavy atom. The first-order valence-corrected chi connectivity index (χ1v) is 28.2. The van der Waals surface area contributed by atoms with Crippen molar-refractivity contribution < 1.29 is 0 Å². The van der Waals surface area contributed by atoms with Gasteiger partial charge in [0.15, 0.2) is 0 Å². The highest BCUT2D eigenvalue weighted by Gasteiger charge is 2.60. The van der Waals surface area contributed by atoms with Crippen LogP contribution in [0.1, 0.15) is 77.9 Å². The first kappa shape index (κ1) is 47.7. The largest absolute Gasteiger partial charge is 0.310 e. The van der Waals surface area contributed by atoms with E-state index >= 15 is 0 Å². The molecule has 3 aliphatic rings. The number of fused-ring (bicyclic) bond motifs is 4. The molecule has 0 saturated carbocycles. The zero-order chi connectivity index (χ0) is 54.0. The zero-order valence-electron chi connectivity index (χ0n) is 46.1. The molecule has 0 radical (unpaired) electrons. The molecule has 0 N–H and O–H groups in total. The van der Waals surface area contributed by atoms with Crippen LogP contribution < -0.4 is 9.80 Å². The quantitative estimate of drug-likeness (QED) is 0.150. The van der Waals surface area contributed by atoms with E-state index in [4.69, 9.17) is 0 Å². The van der Waals surface area contributed by atoms with Gasteiger partial charge >= 0.3 is 0 Å². The number of rotatable bonds is 8. The van der Waals surface area contributed by atoms with Crippen molar-refractivity contribution in [3.05, 3.63) is 333 Å². The summed E-state index contributed by atoms with van der Waals surface area (Å²) in [5.74, 6) is 0. The van der Waals surface area contributed by atoms with Crippen LogP contribution in [0.5, 0.6) is 0 Å². The summed E-state index contributed by atoms with van der Waals surface area (Å²) in [6.45, 7) is 13.9. The Kier molecular flexibility index (Phi) is 10.7. The average Bonchev–Trinajstić information content (AvgIpc) is 2.28. The Balaban J connectivity index is 1.01. The molecule has 16 rings (SSSR count). The Bertz CT molecular complexity index is 4110. The number of benzene rings is 13. The number of nitrogens with zero attached hydrogens (tertiary/aromatic N) is 2. The van der Waals surface area contributed by atoms with Gasteiger partial charge in [0.2, 0.25) is 0 Å². The van der Waals surface area contributed by atoms with Crippen LogP contribution in [0.2, 0.25) is 0 Å². The van der Waals surface area contributed by atoms with Gasteiger partial charge in [0, 0.05) is 34.1 Å². The van der Waals surface area contributed by atoms with Crippen LogP contribution in [0.3, 0.4) is 0 Å². The molecule has 0 heterocycles. The van der Waals surface area contributed by atoms with E-state index in [0.29, 0.717) is 0 Å². The van der Waals surface area contributed by atoms with Crippen molar-refractivity contribution in [1.82, 2.24) is 0 Å². The molecule has 13 aromatic rings. The lowest BCUT2D eigenvalue weighted by atomic mass is 9.43. The number of anilines is 6. The van der Waals surface area contributed by atoms with Crippen LogP contribution in [-0.2, 0) is 10.8 Å². The molecule has 0 aliphatic heterocycles. The molecule has 3 aliphatic carbocycles. The third-order valence-electron chi connectivity index (χ3n) is 18.4. The second kappa shape index (κ2) is 18.0. The van der Waals surface area contributed by atoms with Gasteiger partial charge in [-0.15, -0.1) is 0 Å². The maximum absolute atomic E-state index is 2.56. The summed E-state index contributed by atoms with van der Waals surface area (Å²) in [6.07, 6.45) is 0. The van der Waals surface area contributed by atoms with E-state index in [-0.39, 0.29) is 0 Å². The monoisotopic (exact) mass is 1020 g/mol. The summed E-state index contributed by atoms with van der Waals surface area (Å²) < 4.78 is 0. The zero-order valence-corrected chi connectivity index (χ0v) is 46.1. The van der Waals surface area contributed by atoms with Crippen molar-refractivity contribution >= 4 is 77.2 Å². The minimum absolute atomic E-state index is 0.675. The summed E-state index contributed by atoms with van der Waals surface area (Å²) in [6, 6.07) is 97.0. The lowest BCUT2D eigenvalue weighted by Crippen LogP contribution is -2.52. The fraction of sp³-hybridized carbons (Fsp3) is 0.103. The Morgan fingerprint density at radius 3 is 0.675 bits per heavy atom. The Labute approximate surface area is 469 Å². The highest BCUT2D eigenvalue weighted by Crippen LogP contribution is 2.67. The average molecular weight is 1030 g/mol. The standard InChI is InChI=1S/C78H60N2/c1-49-37-71-72(38-50(49)2)78(64-26-16-28-66(48-64)80(69-35-31-57-19-9-13-23-61(57)45-69)70-36-32-58-20-10-14-24-62(58)46-70)75-41-53(5)51(3)39-73(75)77(71,74-40-52(4)54(6)42-76(74)78)63-25-15-27-65(47-63)79(67-33-29-55-17-7-11-21-59(55)43-67)68-34-30-56-18-8-12-22-60(56)44-68/h7-48H,1-6H3. The third kappa shape index (κ3) is 7.04. The van der Waals surface area contributed by atoms with Crippen molar-refractivity contribution in [2.75, 3.05) is 9.80 Å². The van der Waals surface area contributed by atoms with E-state index in [1.54, 1.807) is 0 Å². The van der Waals surface area contributed by atoms with Crippen LogP contribution >= 0.6 is 0 Å². The van der Waals surface area contributed by atoms with Gasteiger partial charge in [-0.3, -0.25) is 0 Å². The minimum atomic E-state index is -0.675. The van der Waals surface area contributed by atoms with Crippen LogP contribution in [0, 0.1) is 41.5 Å². The highest BCUT2D eigenvalue weighted by molar-refractivity contribution is 5.96. The molecule has 0 atom stereocenters. The molecule has 0 saturated heterocycles. The van der Waals surface area contributed by atoms with Gasteiger partial charge in [-0.05, 0) is 235 Å². The fourth-order valence-corrected chi connectivity index (χ4v) is 14.0. The molecule has 382 valence electrons. The Morgan fingerprint density at radius 2 is 0.425 bits per heavy atom. The topological polar surface area (TPSA) is 6.48 Å². The van der Waals surface area contributed by atoms with E-state index in [1.165, 1.54) is 121 Å². The highest BCUT2D eigenvalue weighted by atomic mass is 15.1. The number of aryl methyl sites for hydroxylation is 6. The molecule has 13 aromatic carbocycles. The molecule has 2 bridgehead atoms. The SMILES string of the molecule is Cc1cc2c(cc1C)C1(c3cccc(N(c4ccc5ccccc5c4)c4ccc5ccccc5c4)c3)c3cc(C)c(C)cc3C2(c2cccc(N(c3ccc4ccccc4c3)c3ccc4ccccc4c3)c2)c2cc(C)c(C)cc21. The van der Waals surface area contributed by atoms with Crippen LogP contribution in [0.4, 0.5) is 34.1 Å². The van der Waals surface area contributed by atoms with Crippen LogP contribution in [0.25, 0.3) is 43.1 Å². The lowest BCUT2D eigenvalue weighted by Gasteiger charge is -2.58. The first-order valence-electron chi connectivity index (χ1n) is 28.2. The van der Waals surface area contributed by atoms with Crippen LogP contribution in [-0.4, -0.2) is 0 Å². The van der Waals surface area contributed by atoms with Gasteiger partial charge in [-0.2, -0.15) is 0 Å². The molecular formula is C78H60N2. The predicted molar refractivity (Wildman–Crippen MR) is 338 cm³/mol.